The number of benzene rings is 1. The maximum Gasteiger partial charge on any atom is -0.0139 e. The van der Waals surface area contributed by atoms with Gasteiger partial charge in [-0.3, -0.25) is 0 Å². The zero-order chi connectivity index (χ0) is 12.4. The second-order valence-corrected chi connectivity index (χ2v) is 6.86. The van der Waals surface area contributed by atoms with Crippen LogP contribution in [0.15, 0.2) is 30.3 Å². The van der Waals surface area contributed by atoms with E-state index in [9.17, 15) is 0 Å². The van der Waals surface area contributed by atoms with Gasteiger partial charge in [-0.1, -0.05) is 71.9 Å². The Hall–Kier alpha value is -0.780. The van der Waals surface area contributed by atoms with E-state index in [0.29, 0.717) is 16.7 Å². The van der Waals surface area contributed by atoms with E-state index in [2.05, 4.69) is 71.9 Å². The minimum absolute atomic E-state index is 0.347. The first-order chi connectivity index (χ1) is 7.22. The summed E-state index contributed by atoms with van der Waals surface area (Å²) in [5, 5.41) is 0. The predicted molar refractivity (Wildman–Crippen MR) is 72.7 cm³/mol. The summed E-state index contributed by atoms with van der Waals surface area (Å²) < 4.78 is 0. The van der Waals surface area contributed by atoms with E-state index in [1.54, 1.807) is 0 Å². The lowest BCUT2D eigenvalue weighted by Gasteiger charge is -2.37. The molecule has 0 nitrogen and oxygen atoms in total. The summed E-state index contributed by atoms with van der Waals surface area (Å²) in [5.41, 5.74) is 2.20. The fraction of sp³-hybridized carbons (Fsp3) is 0.625. The molecule has 1 aromatic rings. The average Bonchev–Trinajstić information content (AvgIpc) is 2.14. The lowest BCUT2D eigenvalue weighted by molar-refractivity contribution is 0.181. The maximum atomic E-state index is 2.38. The summed E-state index contributed by atoms with van der Waals surface area (Å²) in [6.07, 6.45) is 1.25. The molecule has 0 aromatic heterocycles. The number of hydrogen-bond acceptors (Lipinski definition) is 0. The van der Waals surface area contributed by atoms with E-state index in [1.807, 2.05) is 0 Å². The van der Waals surface area contributed by atoms with Crippen molar-refractivity contribution in [2.45, 2.75) is 53.9 Å². The SMILES string of the molecule is CC(c1ccccc1)C(C)(C)CC(C)(C)C. The molecule has 0 aliphatic rings. The molecule has 0 N–H and O–H groups in total. The number of hydrogen-bond donors (Lipinski definition) is 0. The molecule has 0 heteroatoms. The van der Waals surface area contributed by atoms with Crippen molar-refractivity contribution in [2.24, 2.45) is 10.8 Å². The average molecular weight is 218 g/mol. The highest BCUT2D eigenvalue weighted by molar-refractivity contribution is 5.20. The van der Waals surface area contributed by atoms with Gasteiger partial charge in [0, 0.05) is 0 Å². The van der Waals surface area contributed by atoms with Crippen molar-refractivity contribution in [1.29, 1.82) is 0 Å². The Balaban J connectivity index is 2.84. The molecule has 1 atom stereocenters. The standard InChI is InChI=1S/C16H26/c1-13(14-10-8-7-9-11-14)16(5,6)12-15(2,3)4/h7-11,13H,12H2,1-6H3. The van der Waals surface area contributed by atoms with Crippen molar-refractivity contribution in [3.05, 3.63) is 35.9 Å². The van der Waals surface area contributed by atoms with Crippen LogP contribution < -0.4 is 0 Å². The van der Waals surface area contributed by atoms with E-state index in [1.165, 1.54) is 12.0 Å². The monoisotopic (exact) mass is 218 g/mol. The summed E-state index contributed by atoms with van der Waals surface area (Å²) >= 11 is 0. The van der Waals surface area contributed by atoms with Gasteiger partial charge in [-0.15, -0.1) is 0 Å². The van der Waals surface area contributed by atoms with Gasteiger partial charge in [0.25, 0.3) is 0 Å². The van der Waals surface area contributed by atoms with E-state index >= 15 is 0 Å². The van der Waals surface area contributed by atoms with Crippen molar-refractivity contribution in [3.63, 3.8) is 0 Å². The fourth-order valence-electron chi connectivity index (χ4n) is 2.71. The highest BCUT2D eigenvalue weighted by atomic mass is 14.4. The third kappa shape index (κ3) is 3.66. The molecule has 1 rings (SSSR count). The fourth-order valence-corrected chi connectivity index (χ4v) is 2.71. The van der Waals surface area contributed by atoms with E-state index < -0.39 is 0 Å². The minimum Gasteiger partial charge on any atom is -0.0622 e. The molecule has 0 spiro atoms. The first-order valence-corrected chi connectivity index (χ1v) is 6.27. The smallest absolute Gasteiger partial charge is 0.0139 e. The lowest BCUT2D eigenvalue weighted by atomic mass is 9.67. The summed E-state index contributed by atoms with van der Waals surface area (Å²) in [6, 6.07) is 10.9. The zero-order valence-electron chi connectivity index (χ0n) is 11.7. The normalized spacial score (nSPS) is 14.9. The van der Waals surface area contributed by atoms with Crippen LogP contribution in [-0.2, 0) is 0 Å². The van der Waals surface area contributed by atoms with Crippen LogP contribution in [0.3, 0.4) is 0 Å². The molecule has 0 radical (unpaired) electrons. The van der Waals surface area contributed by atoms with Crippen LogP contribution in [0.25, 0.3) is 0 Å². The van der Waals surface area contributed by atoms with Gasteiger partial charge in [-0.2, -0.15) is 0 Å². The van der Waals surface area contributed by atoms with Crippen molar-refractivity contribution < 1.29 is 0 Å². The van der Waals surface area contributed by atoms with Gasteiger partial charge in [0.1, 0.15) is 0 Å². The molecule has 0 fully saturated rings. The Labute approximate surface area is 101 Å². The predicted octanol–water partition coefficient (Wildman–Crippen LogP) is 5.25. The largest absolute Gasteiger partial charge is 0.0622 e. The molecule has 1 unspecified atom stereocenters. The molecule has 0 bridgehead atoms. The van der Waals surface area contributed by atoms with E-state index in [4.69, 9.17) is 0 Å². The third-order valence-electron chi connectivity index (χ3n) is 3.46. The molecule has 1 aromatic carbocycles. The zero-order valence-corrected chi connectivity index (χ0v) is 11.7. The first-order valence-electron chi connectivity index (χ1n) is 6.27. The highest BCUT2D eigenvalue weighted by Crippen LogP contribution is 2.43. The Morgan fingerprint density at radius 3 is 1.88 bits per heavy atom. The Bertz CT molecular complexity index is 314. The summed E-state index contributed by atoms with van der Waals surface area (Å²) in [5.74, 6) is 0.605. The van der Waals surface area contributed by atoms with Crippen LogP contribution in [0.2, 0.25) is 0 Å². The summed E-state index contributed by atoms with van der Waals surface area (Å²) in [4.78, 5) is 0. The molecule has 16 heavy (non-hydrogen) atoms. The lowest BCUT2D eigenvalue weighted by Crippen LogP contribution is -2.26. The third-order valence-corrected chi connectivity index (χ3v) is 3.46. The molecule has 0 amide bonds. The van der Waals surface area contributed by atoms with E-state index in [-0.39, 0.29) is 0 Å². The molecular weight excluding hydrogens is 192 g/mol. The Kier molecular flexibility index (Phi) is 3.83. The van der Waals surface area contributed by atoms with Crippen molar-refractivity contribution in [2.75, 3.05) is 0 Å². The van der Waals surface area contributed by atoms with Gasteiger partial charge in [0.05, 0.1) is 0 Å². The Morgan fingerprint density at radius 1 is 0.938 bits per heavy atom. The van der Waals surface area contributed by atoms with Gasteiger partial charge < -0.3 is 0 Å². The van der Waals surface area contributed by atoms with Crippen LogP contribution in [0.4, 0.5) is 0 Å². The van der Waals surface area contributed by atoms with Gasteiger partial charge in [-0.25, -0.2) is 0 Å². The molecule has 0 heterocycles. The second-order valence-electron chi connectivity index (χ2n) is 6.86. The topological polar surface area (TPSA) is 0 Å². The van der Waals surface area contributed by atoms with Crippen molar-refractivity contribution in [1.82, 2.24) is 0 Å². The van der Waals surface area contributed by atoms with Crippen molar-refractivity contribution in [3.8, 4) is 0 Å². The minimum atomic E-state index is 0.347. The summed E-state index contributed by atoms with van der Waals surface area (Å²) in [7, 11) is 0. The van der Waals surface area contributed by atoms with E-state index in [0.717, 1.165) is 0 Å². The quantitative estimate of drug-likeness (QED) is 0.649. The Morgan fingerprint density at radius 2 is 1.44 bits per heavy atom. The van der Waals surface area contributed by atoms with Gasteiger partial charge in [0.2, 0.25) is 0 Å². The molecule has 0 aliphatic heterocycles. The maximum absolute atomic E-state index is 2.38. The van der Waals surface area contributed by atoms with Crippen LogP contribution in [0.5, 0.6) is 0 Å². The van der Waals surface area contributed by atoms with Crippen LogP contribution >= 0.6 is 0 Å². The first kappa shape index (κ1) is 13.3. The van der Waals surface area contributed by atoms with Crippen molar-refractivity contribution >= 4 is 0 Å². The second kappa shape index (κ2) is 4.61. The van der Waals surface area contributed by atoms with Gasteiger partial charge in [-0.05, 0) is 28.7 Å². The molecule has 90 valence electrons. The molecule has 0 saturated heterocycles. The molecular formula is C16H26. The molecule has 0 aliphatic carbocycles. The van der Waals surface area contributed by atoms with Crippen LogP contribution in [0, 0.1) is 10.8 Å². The van der Waals surface area contributed by atoms with Crippen LogP contribution in [-0.4, -0.2) is 0 Å². The van der Waals surface area contributed by atoms with Gasteiger partial charge in [0.15, 0.2) is 0 Å². The summed E-state index contributed by atoms with van der Waals surface area (Å²) in [6.45, 7) is 14.1. The molecule has 0 saturated carbocycles. The van der Waals surface area contributed by atoms with Gasteiger partial charge >= 0.3 is 0 Å². The number of rotatable bonds is 3. The van der Waals surface area contributed by atoms with Crippen LogP contribution in [0.1, 0.15) is 59.4 Å². The highest BCUT2D eigenvalue weighted by Gasteiger charge is 2.31.